The van der Waals surface area contributed by atoms with E-state index in [4.69, 9.17) is 4.74 Å². The first kappa shape index (κ1) is 25.2. The predicted octanol–water partition coefficient (Wildman–Crippen LogP) is 3.18. The molecule has 3 heterocycles. The summed E-state index contributed by atoms with van der Waals surface area (Å²) < 4.78 is 6.58. The number of tetrazole rings is 1. The van der Waals surface area contributed by atoms with E-state index in [1.54, 1.807) is 19.3 Å². The number of rotatable bonds is 10. The zero-order valence-corrected chi connectivity index (χ0v) is 21.0. The average Bonchev–Trinajstić information content (AvgIpc) is 3.28. The van der Waals surface area contributed by atoms with E-state index in [0.717, 1.165) is 22.0 Å². The molecular weight excluding hydrogens is 458 g/mol. The first-order valence-corrected chi connectivity index (χ1v) is 12.0. The molecule has 0 aliphatic heterocycles. The molecule has 1 atom stereocenters. The summed E-state index contributed by atoms with van der Waals surface area (Å²) in [6, 6.07) is 11.5. The third-order valence-electron chi connectivity index (χ3n) is 6.08. The highest BCUT2D eigenvalue weighted by molar-refractivity contribution is 5.81. The summed E-state index contributed by atoms with van der Waals surface area (Å²) in [5.41, 5.74) is 3.33. The largest absolute Gasteiger partial charge is 0.465 e. The lowest BCUT2D eigenvalue weighted by molar-refractivity contribution is -0.144. The van der Waals surface area contributed by atoms with Gasteiger partial charge in [-0.3, -0.25) is 19.5 Å². The molecule has 1 aromatic carbocycles. The van der Waals surface area contributed by atoms with Crippen molar-refractivity contribution in [3.8, 4) is 0 Å². The zero-order chi connectivity index (χ0) is 25.7. The summed E-state index contributed by atoms with van der Waals surface area (Å²) in [6.07, 6.45) is 3.53. The Morgan fingerprint density at radius 3 is 2.75 bits per heavy atom. The Balaban J connectivity index is 1.75. The molecule has 0 saturated carbocycles. The fourth-order valence-corrected chi connectivity index (χ4v) is 4.49. The minimum atomic E-state index is -0.409. The van der Waals surface area contributed by atoms with Crippen LogP contribution >= 0.6 is 0 Å². The molecule has 0 radical (unpaired) electrons. The Kier molecular flexibility index (Phi) is 7.84. The maximum Gasteiger partial charge on any atom is 0.327 e. The number of carbonyl (C=O) groups excluding carboxylic acids is 1. The SMILES string of the molecule is CCOC(=O)Cn1nnnc1C(C(C)C)N(Cc1cccnc1)Cc1cc2cccc(C)c2[nH]c1=O. The summed E-state index contributed by atoms with van der Waals surface area (Å²) in [4.78, 5) is 34.8. The standard InChI is InChI=1S/C26H31N7O3/c1-5-36-22(34)16-33-25(29-30-31-33)24(17(2)3)32(14-19-9-7-11-27-13-19)15-21-12-20-10-6-8-18(4)23(20)28-26(21)35/h6-13,17,24H,5,14-16H2,1-4H3,(H,28,35). The molecule has 0 bridgehead atoms. The van der Waals surface area contributed by atoms with Gasteiger partial charge in [0.1, 0.15) is 6.54 Å². The highest BCUT2D eigenvalue weighted by Crippen LogP contribution is 2.30. The number of hydrogen-bond donors (Lipinski definition) is 1. The van der Waals surface area contributed by atoms with Crippen LogP contribution in [0.3, 0.4) is 0 Å². The molecule has 4 aromatic rings. The van der Waals surface area contributed by atoms with Crippen LogP contribution in [-0.4, -0.2) is 47.7 Å². The number of fused-ring (bicyclic) bond motifs is 1. The average molecular weight is 490 g/mol. The van der Waals surface area contributed by atoms with Gasteiger partial charge in [-0.05, 0) is 58.8 Å². The third-order valence-corrected chi connectivity index (χ3v) is 6.08. The van der Waals surface area contributed by atoms with Crippen molar-refractivity contribution in [2.24, 2.45) is 5.92 Å². The second-order valence-corrected chi connectivity index (χ2v) is 9.12. The number of benzene rings is 1. The number of carbonyl (C=O) groups is 1. The Hall–Kier alpha value is -3.92. The van der Waals surface area contributed by atoms with Gasteiger partial charge in [0.15, 0.2) is 5.82 Å². The lowest BCUT2D eigenvalue weighted by atomic mass is 9.99. The van der Waals surface area contributed by atoms with E-state index < -0.39 is 5.97 Å². The second kappa shape index (κ2) is 11.2. The molecule has 1 unspecified atom stereocenters. The van der Waals surface area contributed by atoms with Gasteiger partial charge >= 0.3 is 5.97 Å². The molecule has 0 aliphatic rings. The number of aromatic nitrogens is 6. The van der Waals surface area contributed by atoms with E-state index in [2.05, 4.69) is 44.2 Å². The molecule has 188 valence electrons. The maximum absolute atomic E-state index is 13.1. The zero-order valence-electron chi connectivity index (χ0n) is 21.0. The van der Waals surface area contributed by atoms with Crippen molar-refractivity contribution in [2.45, 2.75) is 53.4 Å². The second-order valence-electron chi connectivity index (χ2n) is 9.12. The molecule has 10 heteroatoms. The van der Waals surface area contributed by atoms with Crippen LogP contribution in [0.25, 0.3) is 10.9 Å². The molecule has 4 rings (SSSR count). The number of aryl methyl sites for hydroxylation is 1. The van der Waals surface area contributed by atoms with Gasteiger partial charge in [0.05, 0.1) is 18.2 Å². The first-order chi connectivity index (χ1) is 17.4. The van der Waals surface area contributed by atoms with Gasteiger partial charge in [-0.15, -0.1) is 5.10 Å². The van der Waals surface area contributed by atoms with Crippen molar-refractivity contribution in [3.05, 3.63) is 81.7 Å². The van der Waals surface area contributed by atoms with Crippen LogP contribution in [-0.2, 0) is 29.2 Å². The Labute approximate surface area is 209 Å². The minimum absolute atomic E-state index is 0.0652. The Morgan fingerprint density at radius 2 is 2.03 bits per heavy atom. The van der Waals surface area contributed by atoms with Crippen molar-refractivity contribution in [2.75, 3.05) is 6.61 Å². The van der Waals surface area contributed by atoms with Crippen LogP contribution < -0.4 is 5.56 Å². The lowest BCUT2D eigenvalue weighted by Crippen LogP contribution is -2.35. The van der Waals surface area contributed by atoms with Crippen LogP contribution in [0.1, 0.15) is 49.3 Å². The van der Waals surface area contributed by atoms with Gasteiger partial charge in [-0.1, -0.05) is 38.1 Å². The first-order valence-electron chi connectivity index (χ1n) is 12.0. The van der Waals surface area contributed by atoms with Gasteiger partial charge in [0.25, 0.3) is 5.56 Å². The molecule has 10 nitrogen and oxygen atoms in total. The summed E-state index contributed by atoms with van der Waals surface area (Å²) in [6.45, 7) is 8.92. The van der Waals surface area contributed by atoms with Crippen LogP contribution in [0.15, 0.2) is 53.6 Å². The van der Waals surface area contributed by atoms with Crippen molar-refractivity contribution >= 4 is 16.9 Å². The molecular formula is C26H31N7O3. The lowest BCUT2D eigenvalue weighted by Gasteiger charge is -2.33. The van der Waals surface area contributed by atoms with Crippen molar-refractivity contribution in [1.82, 2.24) is 35.1 Å². The minimum Gasteiger partial charge on any atom is -0.465 e. The normalized spacial score (nSPS) is 12.4. The van der Waals surface area contributed by atoms with E-state index in [1.807, 2.05) is 43.3 Å². The van der Waals surface area contributed by atoms with Gasteiger partial charge in [-0.25, -0.2) is 4.68 Å². The van der Waals surface area contributed by atoms with Crippen LogP contribution in [0.4, 0.5) is 0 Å². The van der Waals surface area contributed by atoms with Crippen molar-refractivity contribution in [1.29, 1.82) is 0 Å². The van der Waals surface area contributed by atoms with Gasteiger partial charge in [0.2, 0.25) is 0 Å². The molecule has 0 aliphatic carbocycles. The summed E-state index contributed by atoms with van der Waals surface area (Å²) >= 11 is 0. The van der Waals surface area contributed by atoms with Crippen molar-refractivity contribution in [3.63, 3.8) is 0 Å². The van der Waals surface area contributed by atoms with Gasteiger partial charge in [-0.2, -0.15) is 0 Å². The number of aromatic amines is 1. The quantitative estimate of drug-likeness (QED) is 0.337. The number of nitrogens with one attached hydrogen (secondary N) is 1. The topological polar surface area (TPSA) is 119 Å². The van der Waals surface area contributed by atoms with Gasteiger partial charge in [0, 0.05) is 31.0 Å². The predicted molar refractivity (Wildman–Crippen MR) is 135 cm³/mol. The number of H-pyrrole nitrogens is 1. The molecule has 0 saturated heterocycles. The summed E-state index contributed by atoms with van der Waals surface area (Å²) in [7, 11) is 0. The van der Waals surface area contributed by atoms with E-state index in [0.29, 0.717) is 24.5 Å². The third kappa shape index (κ3) is 5.65. The number of nitrogens with zero attached hydrogens (tertiary/aromatic N) is 6. The van der Waals surface area contributed by atoms with E-state index in [9.17, 15) is 9.59 Å². The van der Waals surface area contributed by atoms with Crippen LogP contribution in [0.2, 0.25) is 0 Å². The number of para-hydroxylation sites is 1. The highest BCUT2D eigenvalue weighted by atomic mass is 16.5. The number of esters is 1. The monoisotopic (exact) mass is 489 g/mol. The van der Waals surface area contributed by atoms with Crippen molar-refractivity contribution < 1.29 is 9.53 Å². The fourth-order valence-electron chi connectivity index (χ4n) is 4.49. The number of pyridine rings is 2. The maximum atomic E-state index is 13.1. The van der Waals surface area contributed by atoms with E-state index in [1.165, 1.54) is 4.68 Å². The highest BCUT2D eigenvalue weighted by Gasteiger charge is 2.30. The Morgan fingerprint density at radius 1 is 1.19 bits per heavy atom. The van der Waals surface area contributed by atoms with Crippen LogP contribution in [0, 0.1) is 12.8 Å². The Bertz CT molecular complexity index is 1380. The van der Waals surface area contributed by atoms with E-state index in [-0.39, 0.29) is 30.7 Å². The molecule has 0 spiro atoms. The summed E-state index contributed by atoms with van der Waals surface area (Å²) in [5.74, 6) is 0.194. The number of hydrogen-bond acceptors (Lipinski definition) is 8. The summed E-state index contributed by atoms with van der Waals surface area (Å²) in [5, 5.41) is 13.2. The van der Waals surface area contributed by atoms with E-state index >= 15 is 0 Å². The molecule has 1 N–H and O–H groups in total. The van der Waals surface area contributed by atoms with Gasteiger partial charge < -0.3 is 9.72 Å². The molecule has 3 aromatic heterocycles. The fraction of sp³-hybridized carbons (Fsp3) is 0.385. The molecule has 0 fully saturated rings. The molecule has 0 amide bonds. The number of ether oxygens (including phenoxy) is 1. The van der Waals surface area contributed by atoms with Crippen LogP contribution in [0.5, 0.6) is 0 Å². The molecule has 36 heavy (non-hydrogen) atoms. The smallest absolute Gasteiger partial charge is 0.327 e.